The topological polar surface area (TPSA) is 34.2 Å². The van der Waals surface area contributed by atoms with Gasteiger partial charge in [-0.2, -0.15) is 0 Å². The van der Waals surface area contributed by atoms with E-state index in [9.17, 15) is 0 Å². The highest BCUT2D eigenvalue weighted by Crippen LogP contribution is 2.19. The standard InChI is InChI=1S/C17H22N2O/c1-13(2)20-17-7-5-4-6-15(17)10-19-12-16-11-18-9-8-14(16)3/h4-9,11,13,19H,10,12H2,1-3H3. The predicted molar refractivity (Wildman–Crippen MR) is 81.7 cm³/mol. The van der Waals surface area contributed by atoms with Crippen LogP contribution in [-0.4, -0.2) is 11.1 Å². The van der Waals surface area contributed by atoms with Gasteiger partial charge in [-0.25, -0.2) is 0 Å². The Morgan fingerprint density at radius 2 is 1.85 bits per heavy atom. The second kappa shape index (κ2) is 7.06. The van der Waals surface area contributed by atoms with E-state index in [1.165, 1.54) is 16.7 Å². The van der Waals surface area contributed by atoms with Gasteiger partial charge in [0.25, 0.3) is 0 Å². The first-order valence-electron chi connectivity index (χ1n) is 7.01. The third-order valence-electron chi connectivity index (χ3n) is 3.11. The van der Waals surface area contributed by atoms with Crippen molar-refractivity contribution in [2.45, 2.75) is 40.0 Å². The van der Waals surface area contributed by atoms with E-state index in [4.69, 9.17) is 4.74 Å². The Hall–Kier alpha value is -1.87. The molecule has 0 atom stereocenters. The zero-order chi connectivity index (χ0) is 14.4. The first kappa shape index (κ1) is 14.5. The van der Waals surface area contributed by atoms with Crippen LogP contribution in [0.15, 0.2) is 42.7 Å². The van der Waals surface area contributed by atoms with Crippen molar-refractivity contribution in [3.8, 4) is 5.75 Å². The highest BCUT2D eigenvalue weighted by atomic mass is 16.5. The molecule has 0 saturated heterocycles. The maximum Gasteiger partial charge on any atom is 0.124 e. The minimum atomic E-state index is 0.191. The minimum Gasteiger partial charge on any atom is -0.491 e. The van der Waals surface area contributed by atoms with Crippen LogP contribution < -0.4 is 10.1 Å². The van der Waals surface area contributed by atoms with Crippen molar-refractivity contribution in [1.29, 1.82) is 0 Å². The molecule has 0 saturated carbocycles. The molecule has 1 aromatic heterocycles. The largest absolute Gasteiger partial charge is 0.491 e. The fourth-order valence-corrected chi connectivity index (χ4v) is 2.03. The van der Waals surface area contributed by atoms with Crippen LogP contribution in [0.5, 0.6) is 5.75 Å². The fourth-order valence-electron chi connectivity index (χ4n) is 2.03. The minimum absolute atomic E-state index is 0.191. The smallest absolute Gasteiger partial charge is 0.124 e. The average Bonchev–Trinajstić information content (AvgIpc) is 2.42. The lowest BCUT2D eigenvalue weighted by molar-refractivity contribution is 0.239. The third-order valence-corrected chi connectivity index (χ3v) is 3.11. The lowest BCUT2D eigenvalue weighted by Crippen LogP contribution is -2.15. The van der Waals surface area contributed by atoms with Crippen LogP contribution in [0, 0.1) is 6.92 Å². The summed E-state index contributed by atoms with van der Waals surface area (Å²) < 4.78 is 5.82. The number of para-hydroxylation sites is 1. The summed E-state index contributed by atoms with van der Waals surface area (Å²) in [5, 5.41) is 3.45. The molecule has 3 nitrogen and oxygen atoms in total. The van der Waals surface area contributed by atoms with Crippen molar-refractivity contribution in [2.75, 3.05) is 0 Å². The molecule has 0 bridgehead atoms. The van der Waals surface area contributed by atoms with Gasteiger partial charge in [-0.05, 0) is 44.0 Å². The molecule has 3 heteroatoms. The summed E-state index contributed by atoms with van der Waals surface area (Å²) in [6, 6.07) is 10.2. The number of rotatable bonds is 6. The Labute approximate surface area is 121 Å². The maximum absolute atomic E-state index is 5.82. The van der Waals surface area contributed by atoms with E-state index in [1.54, 1.807) is 0 Å². The molecule has 0 unspecified atom stereocenters. The molecule has 0 radical (unpaired) electrons. The lowest BCUT2D eigenvalue weighted by atomic mass is 10.1. The molecule has 0 aliphatic rings. The van der Waals surface area contributed by atoms with E-state index < -0.39 is 0 Å². The Balaban J connectivity index is 1.96. The Morgan fingerprint density at radius 3 is 2.60 bits per heavy atom. The molecule has 0 spiro atoms. The van der Waals surface area contributed by atoms with Crippen LogP contribution in [0.4, 0.5) is 0 Å². The SMILES string of the molecule is Cc1ccncc1CNCc1ccccc1OC(C)C. The quantitative estimate of drug-likeness (QED) is 0.872. The summed E-state index contributed by atoms with van der Waals surface area (Å²) in [5.41, 5.74) is 3.68. The number of ether oxygens (including phenoxy) is 1. The van der Waals surface area contributed by atoms with Crippen molar-refractivity contribution in [3.05, 3.63) is 59.4 Å². The van der Waals surface area contributed by atoms with Crippen molar-refractivity contribution in [1.82, 2.24) is 10.3 Å². The summed E-state index contributed by atoms with van der Waals surface area (Å²) in [6.45, 7) is 7.80. The van der Waals surface area contributed by atoms with Crippen molar-refractivity contribution < 1.29 is 4.74 Å². The zero-order valence-electron chi connectivity index (χ0n) is 12.4. The molecule has 20 heavy (non-hydrogen) atoms. The number of aromatic nitrogens is 1. The molecular weight excluding hydrogens is 248 g/mol. The molecular formula is C17H22N2O. The van der Waals surface area contributed by atoms with Gasteiger partial charge in [0.15, 0.2) is 0 Å². The van der Waals surface area contributed by atoms with Gasteiger partial charge in [-0.3, -0.25) is 4.98 Å². The summed E-state index contributed by atoms with van der Waals surface area (Å²) in [5.74, 6) is 0.956. The first-order valence-corrected chi connectivity index (χ1v) is 7.01. The van der Waals surface area contributed by atoms with Crippen LogP contribution in [-0.2, 0) is 13.1 Å². The van der Waals surface area contributed by atoms with Crippen LogP contribution in [0.25, 0.3) is 0 Å². The summed E-state index contributed by atoms with van der Waals surface area (Å²) >= 11 is 0. The number of hydrogen-bond donors (Lipinski definition) is 1. The highest BCUT2D eigenvalue weighted by molar-refractivity contribution is 5.33. The van der Waals surface area contributed by atoms with Crippen molar-refractivity contribution in [3.63, 3.8) is 0 Å². The van der Waals surface area contributed by atoms with Gasteiger partial charge in [0.2, 0.25) is 0 Å². The van der Waals surface area contributed by atoms with Gasteiger partial charge in [0.1, 0.15) is 5.75 Å². The van der Waals surface area contributed by atoms with Gasteiger partial charge in [0.05, 0.1) is 6.10 Å². The van der Waals surface area contributed by atoms with Gasteiger partial charge in [-0.15, -0.1) is 0 Å². The molecule has 2 aromatic rings. The van der Waals surface area contributed by atoms with Crippen molar-refractivity contribution in [2.24, 2.45) is 0 Å². The first-order chi connectivity index (χ1) is 9.66. The maximum atomic E-state index is 5.82. The Kier molecular flexibility index (Phi) is 5.13. The van der Waals surface area contributed by atoms with Gasteiger partial charge in [0, 0.05) is 31.0 Å². The Morgan fingerprint density at radius 1 is 1.10 bits per heavy atom. The van der Waals surface area contributed by atoms with Crippen LogP contribution in [0.3, 0.4) is 0 Å². The molecule has 0 amide bonds. The molecule has 0 aliphatic carbocycles. The molecule has 2 rings (SSSR count). The van der Waals surface area contributed by atoms with E-state index in [0.29, 0.717) is 0 Å². The van der Waals surface area contributed by atoms with Gasteiger partial charge in [-0.1, -0.05) is 18.2 Å². The number of pyridine rings is 1. The number of nitrogens with zero attached hydrogens (tertiary/aromatic N) is 1. The van der Waals surface area contributed by atoms with E-state index in [0.717, 1.165) is 18.8 Å². The fraction of sp³-hybridized carbons (Fsp3) is 0.353. The number of nitrogens with one attached hydrogen (secondary N) is 1. The zero-order valence-corrected chi connectivity index (χ0v) is 12.4. The molecule has 1 aromatic carbocycles. The second-order valence-corrected chi connectivity index (χ2v) is 5.18. The number of hydrogen-bond acceptors (Lipinski definition) is 3. The van der Waals surface area contributed by atoms with Gasteiger partial charge < -0.3 is 10.1 Å². The predicted octanol–water partition coefficient (Wildman–Crippen LogP) is 3.47. The third kappa shape index (κ3) is 4.07. The second-order valence-electron chi connectivity index (χ2n) is 5.18. The van der Waals surface area contributed by atoms with Crippen LogP contribution >= 0.6 is 0 Å². The van der Waals surface area contributed by atoms with Crippen molar-refractivity contribution >= 4 is 0 Å². The normalized spacial score (nSPS) is 10.8. The molecule has 1 heterocycles. The molecule has 0 aliphatic heterocycles. The van der Waals surface area contributed by atoms with E-state index in [-0.39, 0.29) is 6.10 Å². The van der Waals surface area contributed by atoms with E-state index in [2.05, 4.69) is 23.3 Å². The Bertz CT molecular complexity index is 552. The van der Waals surface area contributed by atoms with Crippen LogP contribution in [0.1, 0.15) is 30.5 Å². The van der Waals surface area contributed by atoms with E-state index in [1.807, 2.05) is 50.5 Å². The molecule has 0 fully saturated rings. The molecule has 106 valence electrons. The highest BCUT2D eigenvalue weighted by Gasteiger charge is 2.05. The van der Waals surface area contributed by atoms with E-state index >= 15 is 0 Å². The van der Waals surface area contributed by atoms with Crippen LogP contribution in [0.2, 0.25) is 0 Å². The molecule has 1 N–H and O–H groups in total. The monoisotopic (exact) mass is 270 g/mol. The average molecular weight is 270 g/mol. The number of aryl methyl sites for hydroxylation is 1. The summed E-state index contributed by atoms with van der Waals surface area (Å²) in [4.78, 5) is 4.16. The lowest BCUT2D eigenvalue weighted by Gasteiger charge is -2.15. The number of benzene rings is 1. The summed E-state index contributed by atoms with van der Waals surface area (Å²) in [6.07, 6.45) is 3.93. The van der Waals surface area contributed by atoms with Gasteiger partial charge >= 0.3 is 0 Å². The summed E-state index contributed by atoms with van der Waals surface area (Å²) in [7, 11) is 0.